The smallest absolute Gasteiger partial charge is 0.322 e. The number of unbranched alkanes of at least 4 members (excludes halogenated alkanes) is 1. The Labute approximate surface area is 376 Å². The minimum atomic E-state index is -1.08. The van der Waals surface area contributed by atoms with Crippen LogP contribution in [-0.2, 0) is 32.1 Å². The van der Waals surface area contributed by atoms with Crippen molar-refractivity contribution in [3.05, 3.63) is 81.0 Å². The summed E-state index contributed by atoms with van der Waals surface area (Å²) in [5.41, 5.74) is 9.38. The number of piperidine rings is 1. The van der Waals surface area contributed by atoms with E-state index in [-0.39, 0.29) is 43.0 Å². The summed E-state index contributed by atoms with van der Waals surface area (Å²) >= 11 is 6.74. The minimum Gasteiger partial charge on any atom is -0.506 e. The summed E-state index contributed by atoms with van der Waals surface area (Å²) in [5, 5.41) is 35.0. The Morgan fingerprint density at radius 1 is 0.839 bits per heavy atom. The quantitative estimate of drug-likeness (QED) is 0.105. The molecule has 3 aliphatic heterocycles. The molecule has 6 rings (SSSR count). The van der Waals surface area contributed by atoms with Crippen LogP contribution in [0.2, 0.25) is 0 Å². The molecule has 2 aromatic carbocycles. The summed E-state index contributed by atoms with van der Waals surface area (Å²) in [7, 11) is 0. The van der Waals surface area contributed by atoms with Crippen LogP contribution in [0.25, 0.3) is 0 Å². The number of benzene rings is 2. The van der Waals surface area contributed by atoms with Crippen molar-refractivity contribution in [3.8, 4) is 5.75 Å². The number of pyridine rings is 1. The summed E-state index contributed by atoms with van der Waals surface area (Å²) < 4.78 is 0.870. The van der Waals surface area contributed by atoms with Crippen molar-refractivity contribution < 1.29 is 44.1 Å². The molecule has 4 heterocycles. The molecule has 2 atom stereocenters. The highest BCUT2D eigenvalue weighted by Crippen LogP contribution is 2.34. The fourth-order valence-corrected chi connectivity index (χ4v) is 8.80. The number of phenolic OH excluding ortho intramolecular Hbond substituents is 1. The second-order valence-electron chi connectivity index (χ2n) is 15.2. The third-order valence-electron chi connectivity index (χ3n) is 10.9. The predicted octanol–water partition coefficient (Wildman–Crippen LogP) is 4.34. The Morgan fingerprint density at radius 2 is 1.47 bits per heavy atom. The molecule has 2 saturated heterocycles. The van der Waals surface area contributed by atoms with Gasteiger partial charge < -0.3 is 56.6 Å². The first kappa shape index (κ1) is 47.6. The van der Waals surface area contributed by atoms with E-state index in [2.05, 4.69) is 57.7 Å². The summed E-state index contributed by atoms with van der Waals surface area (Å²) in [6.45, 7) is 4.07. The zero-order valence-corrected chi connectivity index (χ0v) is 37.4. The molecular weight excluding hydrogens is 934 g/mol. The number of urea groups is 2. The lowest BCUT2D eigenvalue weighted by Crippen LogP contribution is -2.59. The van der Waals surface area contributed by atoms with Gasteiger partial charge in [-0.05, 0) is 112 Å². The number of carboxylic acids is 2. The number of carbonyl (C=O) groups is 6. The Morgan fingerprint density at radius 3 is 2.08 bits per heavy atom. The van der Waals surface area contributed by atoms with Crippen LogP contribution in [0.15, 0.2) is 69.9 Å². The molecule has 3 aromatic rings. The molecule has 62 heavy (non-hydrogen) atoms. The van der Waals surface area contributed by atoms with Gasteiger partial charge in [-0.25, -0.2) is 9.59 Å². The number of aromatic hydroxyl groups is 1. The van der Waals surface area contributed by atoms with Gasteiger partial charge in [0, 0.05) is 82.0 Å². The second-order valence-corrected chi connectivity index (χ2v) is 16.9. The molecule has 0 bridgehead atoms. The van der Waals surface area contributed by atoms with Crippen molar-refractivity contribution in [2.45, 2.75) is 76.0 Å². The topological polar surface area (TPSA) is 251 Å². The number of carbonyl (C=O) groups excluding carboxylic acids is 4. The monoisotopic (exact) mass is 985 g/mol. The number of nitrogens with one attached hydrogen (secondary N) is 3. The van der Waals surface area contributed by atoms with Crippen molar-refractivity contribution in [1.82, 2.24) is 30.3 Å². The summed E-state index contributed by atoms with van der Waals surface area (Å²) in [6.07, 6.45) is 5.94. The first-order valence-corrected chi connectivity index (χ1v) is 22.1. The maximum atomic E-state index is 14.2. The van der Waals surface area contributed by atoms with Gasteiger partial charge in [0.15, 0.2) is 0 Å². The van der Waals surface area contributed by atoms with E-state index in [9.17, 15) is 33.9 Å². The van der Waals surface area contributed by atoms with E-state index in [0.717, 1.165) is 16.9 Å². The van der Waals surface area contributed by atoms with Crippen LogP contribution < -0.4 is 26.6 Å². The number of aliphatic carboxylic acids is 2. The Bertz CT molecular complexity index is 2010. The van der Waals surface area contributed by atoms with Crippen molar-refractivity contribution >= 4 is 79.0 Å². The van der Waals surface area contributed by atoms with Crippen LogP contribution >= 0.6 is 31.9 Å². The number of nitrogens with two attached hydrogens (primary N) is 1. The maximum Gasteiger partial charge on any atom is 0.322 e. The molecule has 0 radical (unpaired) electrons. The van der Waals surface area contributed by atoms with Gasteiger partial charge in [0.1, 0.15) is 17.8 Å². The SMILES string of the molecule is NCCCC[C@H](NC(=O)[C@@H](Cc1cc(Br)c(O)c(Br)c1)NC(=O)N1CCC(N2Cc3ccccc3NC2=O)CC1)C(=O)N1CCN(c2ccncc2)CC1.O=C(O)CCC(=O)O. The Kier molecular flexibility index (Phi) is 17.7. The van der Waals surface area contributed by atoms with E-state index in [1.165, 1.54) is 0 Å². The van der Waals surface area contributed by atoms with Gasteiger partial charge in [-0.15, -0.1) is 0 Å². The lowest BCUT2D eigenvalue weighted by Gasteiger charge is -2.40. The predicted molar refractivity (Wildman–Crippen MR) is 238 cm³/mol. The lowest BCUT2D eigenvalue weighted by molar-refractivity contribution is -0.143. The van der Waals surface area contributed by atoms with Gasteiger partial charge in [0.2, 0.25) is 11.8 Å². The number of hydrogen-bond acceptors (Lipinski definition) is 10. The molecule has 2 fully saturated rings. The number of phenols is 1. The van der Waals surface area contributed by atoms with Crippen molar-refractivity contribution in [3.63, 3.8) is 0 Å². The summed E-state index contributed by atoms with van der Waals surface area (Å²) in [5.74, 6) is -2.78. The molecule has 0 saturated carbocycles. The first-order chi connectivity index (χ1) is 29.7. The number of amides is 6. The Balaban J connectivity index is 0.000000826. The number of hydrogen-bond donors (Lipinski definition) is 7. The van der Waals surface area contributed by atoms with Crippen LogP contribution in [0, 0.1) is 0 Å². The number of aromatic nitrogens is 1. The minimum absolute atomic E-state index is 0.0205. The number of carboxylic acid groups (broad SMARTS) is 2. The van der Waals surface area contributed by atoms with Gasteiger partial charge in [-0.3, -0.25) is 24.2 Å². The van der Waals surface area contributed by atoms with E-state index >= 15 is 0 Å². The highest BCUT2D eigenvalue weighted by Gasteiger charge is 2.35. The van der Waals surface area contributed by atoms with Crippen molar-refractivity contribution in [2.24, 2.45) is 5.73 Å². The number of nitrogens with zero attached hydrogens (tertiary/aromatic N) is 5. The maximum absolute atomic E-state index is 14.2. The van der Waals surface area contributed by atoms with E-state index in [1.807, 2.05) is 41.3 Å². The van der Waals surface area contributed by atoms with Gasteiger partial charge in [0.25, 0.3) is 0 Å². The number of fused-ring (bicyclic) bond motifs is 1. The second kappa shape index (κ2) is 23.1. The van der Waals surface area contributed by atoms with Crippen molar-refractivity contribution in [2.75, 3.05) is 56.0 Å². The standard InChI is InChI=1S/C38H47Br2N9O5.C4H6O4/c39-29-21-25(22-30(40)34(29)50)23-33(45-37(53)48-15-10-28(11-16-48)49-24-26-5-1-2-6-31(26)44-38(49)54)35(51)43-32(7-3-4-12-41)36(52)47-19-17-46(18-20-47)27-8-13-42-14-9-27;5-3(6)1-2-4(7)8/h1-2,5-6,8-9,13-14,21-22,28,32-33,50H,3-4,7,10-12,15-20,23-24,41H2,(H,43,51)(H,44,54)(H,45,53);1-2H2,(H,5,6)(H,7,8)/t32-,33+;/m0./s1. The average Bonchev–Trinajstić information content (AvgIpc) is 3.27. The molecule has 20 heteroatoms. The number of halogens is 2. The van der Waals surface area contributed by atoms with Crippen LogP contribution in [-0.4, -0.2) is 135 Å². The molecule has 0 aliphatic carbocycles. The molecule has 0 spiro atoms. The summed E-state index contributed by atoms with van der Waals surface area (Å²) in [6, 6.07) is 12.6. The zero-order chi connectivity index (χ0) is 44.8. The normalized spacial score (nSPS) is 16.2. The number of piperazine rings is 1. The molecule has 0 unspecified atom stereocenters. The zero-order valence-electron chi connectivity index (χ0n) is 34.2. The van der Waals surface area contributed by atoms with E-state index in [4.69, 9.17) is 15.9 Å². The van der Waals surface area contributed by atoms with E-state index < -0.39 is 36.0 Å². The third-order valence-corrected chi connectivity index (χ3v) is 12.1. The number of para-hydroxylation sites is 1. The van der Waals surface area contributed by atoms with Gasteiger partial charge >= 0.3 is 24.0 Å². The van der Waals surface area contributed by atoms with E-state index in [0.29, 0.717) is 99.0 Å². The average molecular weight is 988 g/mol. The molecule has 8 N–H and O–H groups in total. The molecule has 3 aliphatic rings. The first-order valence-electron chi connectivity index (χ1n) is 20.5. The highest BCUT2D eigenvalue weighted by molar-refractivity contribution is 9.11. The van der Waals surface area contributed by atoms with Crippen molar-refractivity contribution in [1.29, 1.82) is 0 Å². The number of anilines is 2. The molecule has 334 valence electrons. The van der Waals surface area contributed by atoms with E-state index in [1.54, 1.807) is 34.3 Å². The van der Waals surface area contributed by atoms with Crippen LogP contribution in [0.4, 0.5) is 21.0 Å². The summed E-state index contributed by atoms with van der Waals surface area (Å²) in [4.78, 5) is 85.8. The third kappa shape index (κ3) is 13.5. The van der Waals surface area contributed by atoms with Gasteiger partial charge in [-0.1, -0.05) is 18.2 Å². The highest BCUT2D eigenvalue weighted by atomic mass is 79.9. The fourth-order valence-electron chi connectivity index (χ4n) is 7.52. The van der Waals surface area contributed by atoms with Gasteiger partial charge in [0.05, 0.1) is 21.8 Å². The largest absolute Gasteiger partial charge is 0.506 e. The molecule has 6 amide bonds. The van der Waals surface area contributed by atoms with Crippen LogP contribution in [0.5, 0.6) is 5.75 Å². The fraction of sp³-hybridized carbons (Fsp3) is 0.452. The molecular formula is C42H53Br2N9O9. The molecule has 18 nitrogen and oxygen atoms in total. The van der Waals surface area contributed by atoms with Crippen LogP contribution in [0.3, 0.4) is 0 Å². The number of rotatable bonds is 15. The number of likely N-dealkylation sites (tertiary alicyclic amines) is 1. The Hall–Kier alpha value is -5.47. The van der Waals surface area contributed by atoms with Gasteiger partial charge in [-0.2, -0.15) is 0 Å². The van der Waals surface area contributed by atoms with Crippen LogP contribution in [0.1, 0.15) is 56.1 Å². The molecule has 1 aromatic heterocycles. The lowest BCUT2D eigenvalue weighted by atomic mass is 10.0.